The number of benzene rings is 1. The highest BCUT2D eigenvalue weighted by atomic mass is 19.4. The summed E-state index contributed by atoms with van der Waals surface area (Å²) >= 11 is 0. The zero-order valence-corrected chi connectivity index (χ0v) is 18.5. The minimum atomic E-state index is -4.49. The summed E-state index contributed by atoms with van der Waals surface area (Å²) < 4.78 is 50.1. The zero-order valence-electron chi connectivity index (χ0n) is 18.5. The molecule has 1 aromatic carbocycles. The first-order valence-corrected chi connectivity index (χ1v) is 10.6. The molecule has 8 nitrogen and oxygen atoms in total. The van der Waals surface area contributed by atoms with Crippen LogP contribution in [0.2, 0.25) is 0 Å². The molecule has 0 saturated carbocycles. The van der Waals surface area contributed by atoms with Crippen molar-refractivity contribution in [3.63, 3.8) is 0 Å². The smallest absolute Gasteiger partial charge is 0.422 e. The number of H-pyrrole nitrogens is 1. The average molecular weight is 466 g/mol. The van der Waals surface area contributed by atoms with Crippen molar-refractivity contribution in [1.29, 1.82) is 0 Å². The molecule has 0 spiro atoms. The second-order valence-corrected chi connectivity index (χ2v) is 9.11. The van der Waals surface area contributed by atoms with Crippen molar-refractivity contribution in [3.05, 3.63) is 40.3 Å². The Morgan fingerprint density at radius 1 is 1.21 bits per heavy atom. The number of hydrogen-bond acceptors (Lipinski definition) is 5. The van der Waals surface area contributed by atoms with Gasteiger partial charge in [-0.05, 0) is 45.7 Å². The summed E-state index contributed by atoms with van der Waals surface area (Å²) in [7, 11) is 0. The molecule has 1 aliphatic rings. The number of hydrogen-bond donors (Lipinski definition) is 1. The van der Waals surface area contributed by atoms with Gasteiger partial charge in [-0.2, -0.15) is 18.3 Å². The van der Waals surface area contributed by atoms with Crippen molar-refractivity contribution < 1.29 is 27.4 Å². The van der Waals surface area contributed by atoms with Gasteiger partial charge in [0.25, 0.3) is 5.56 Å². The molecule has 1 aliphatic heterocycles. The molecule has 1 saturated heterocycles. The molecule has 1 fully saturated rings. The molecular formula is C22H25F3N4O4. The van der Waals surface area contributed by atoms with Gasteiger partial charge in [-0.3, -0.25) is 4.79 Å². The van der Waals surface area contributed by atoms with Gasteiger partial charge in [0.2, 0.25) is 0 Å². The van der Waals surface area contributed by atoms with E-state index in [0.29, 0.717) is 42.5 Å². The topological polar surface area (TPSA) is 88.9 Å². The maximum absolute atomic E-state index is 12.7. The number of carbonyl (C=O) groups is 1. The number of nitrogens with one attached hydrogen (secondary N) is 1. The van der Waals surface area contributed by atoms with Crippen LogP contribution in [0.5, 0.6) is 5.75 Å². The summed E-state index contributed by atoms with van der Waals surface area (Å²) in [5.41, 5.74) is 0.340. The third kappa shape index (κ3) is 5.07. The van der Waals surface area contributed by atoms with Crippen molar-refractivity contribution in [3.8, 4) is 5.75 Å². The Kier molecular flexibility index (Phi) is 5.75. The lowest BCUT2D eigenvalue weighted by molar-refractivity contribution is -0.153. The van der Waals surface area contributed by atoms with E-state index in [4.69, 9.17) is 9.47 Å². The number of alkyl halides is 3. The van der Waals surface area contributed by atoms with Gasteiger partial charge in [0.15, 0.2) is 6.61 Å². The fourth-order valence-electron chi connectivity index (χ4n) is 4.01. The summed E-state index contributed by atoms with van der Waals surface area (Å²) in [6, 6.07) is 6.07. The number of amides is 1. The standard InChI is InChI=1S/C22H25F3N4O4/c1-21(2,3)33-20(31)28-9-7-13(8-10-28)15-11-17(30)26-19-18-14(27-29(15)19)5-4-6-16(18)32-12-22(23,24)25/h4-6,11,13H,7-10,12H2,1-3H3,(H,26,30). The third-order valence-corrected chi connectivity index (χ3v) is 5.38. The molecular weight excluding hydrogens is 441 g/mol. The minimum absolute atomic E-state index is 0.00706. The van der Waals surface area contributed by atoms with E-state index < -0.39 is 18.4 Å². The van der Waals surface area contributed by atoms with Gasteiger partial charge in [-0.25, -0.2) is 9.31 Å². The van der Waals surface area contributed by atoms with E-state index >= 15 is 0 Å². The van der Waals surface area contributed by atoms with E-state index in [9.17, 15) is 22.8 Å². The first-order chi connectivity index (χ1) is 15.4. The van der Waals surface area contributed by atoms with Crippen LogP contribution in [-0.4, -0.2) is 57.1 Å². The van der Waals surface area contributed by atoms with Gasteiger partial charge in [0.05, 0.1) is 16.6 Å². The highest BCUT2D eigenvalue weighted by Crippen LogP contribution is 2.33. The summed E-state index contributed by atoms with van der Waals surface area (Å²) in [4.78, 5) is 29.1. The second kappa shape index (κ2) is 8.27. The molecule has 1 amide bonds. The average Bonchev–Trinajstić information content (AvgIpc) is 3.09. The molecule has 3 heterocycles. The molecule has 4 rings (SSSR count). The number of aromatic amines is 1. The fourth-order valence-corrected chi connectivity index (χ4v) is 4.01. The number of piperidine rings is 1. The number of fused-ring (bicyclic) bond motifs is 3. The van der Waals surface area contributed by atoms with E-state index in [2.05, 4.69) is 10.1 Å². The van der Waals surface area contributed by atoms with Gasteiger partial charge >= 0.3 is 12.3 Å². The number of likely N-dealkylation sites (tertiary alicyclic amines) is 1. The quantitative estimate of drug-likeness (QED) is 0.624. The van der Waals surface area contributed by atoms with E-state index in [1.807, 2.05) is 0 Å². The summed E-state index contributed by atoms with van der Waals surface area (Å²) in [6.45, 7) is 4.87. The van der Waals surface area contributed by atoms with Crippen LogP contribution in [0.25, 0.3) is 16.6 Å². The Morgan fingerprint density at radius 2 is 1.91 bits per heavy atom. The van der Waals surface area contributed by atoms with Crippen LogP contribution in [0.1, 0.15) is 45.2 Å². The first kappa shape index (κ1) is 22.9. The van der Waals surface area contributed by atoms with Gasteiger partial charge in [-0.1, -0.05) is 6.07 Å². The summed E-state index contributed by atoms with van der Waals surface area (Å²) in [5, 5.41) is 4.83. The Bertz CT molecular complexity index is 1230. The monoisotopic (exact) mass is 466 g/mol. The normalized spacial score (nSPS) is 15.9. The molecule has 0 unspecified atom stereocenters. The van der Waals surface area contributed by atoms with Gasteiger partial charge in [0, 0.05) is 25.1 Å². The number of rotatable bonds is 3. The number of ether oxygens (including phenoxy) is 2. The van der Waals surface area contributed by atoms with Crippen LogP contribution in [0, 0.1) is 0 Å². The SMILES string of the molecule is CC(C)(C)OC(=O)N1CCC(c2cc(=O)[nH]c3c4c(OCC(F)(F)F)cccc4nn23)CC1. The molecule has 0 bridgehead atoms. The highest BCUT2D eigenvalue weighted by molar-refractivity contribution is 5.97. The second-order valence-electron chi connectivity index (χ2n) is 9.11. The molecule has 0 atom stereocenters. The number of carbonyl (C=O) groups excluding carboxylic acids is 1. The molecule has 0 radical (unpaired) electrons. The summed E-state index contributed by atoms with van der Waals surface area (Å²) in [6.07, 6.45) is -3.70. The Labute approximate surface area is 187 Å². The maximum atomic E-state index is 12.7. The minimum Gasteiger partial charge on any atom is -0.483 e. The number of halogens is 3. The lowest BCUT2D eigenvalue weighted by Crippen LogP contribution is -2.41. The van der Waals surface area contributed by atoms with Gasteiger partial charge in [-0.15, -0.1) is 0 Å². The Balaban J connectivity index is 1.65. The molecule has 178 valence electrons. The van der Waals surface area contributed by atoms with E-state index in [0.717, 1.165) is 0 Å². The molecule has 0 aliphatic carbocycles. The lowest BCUT2D eigenvalue weighted by atomic mass is 9.93. The van der Waals surface area contributed by atoms with Crippen LogP contribution < -0.4 is 10.3 Å². The molecule has 2 aromatic heterocycles. The van der Waals surface area contributed by atoms with Crippen molar-refractivity contribution in [1.82, 2.24) is 19.5 Å². The largest absolute Gasteiger partial charge is 0.483 e. The van der Waals surface area contributed by atoms with Crippen LogP contribution >= 0.6 is 0 Å². The molecule has 33 heavy (non-hydrogen) atoms. The lowest BCUT2D eigenvalue weighted by Gasteiger charge is -2.33. The van der Waals surface area contributed by atoms with Crippen LogP contribution in [-0.2, 0) is 4.74 Å². The van der Waals surface area contributed by atoms with Gasteiger partial charge in [0.1, 0.15) is 17.0 Å². The van der Waals surface area contributed by atoms with Crippen molar-refractivity contribution >= 4 is 22.6 Å². The number of nitrogens with zero attached hydrogens (tertiary/aromatic N) is 3. The van der Waals surface area contributed by atoms with Crippen LogP contribution in [0.15, 0.2) is 29.1 Å². The molecule has 11 heteroatoms. The van der Waals surface area contributed by atoms with Crippen molar-refractivity contribution in [2.75, 3.05) is 19.7 Å². The summed E-state index contributed by atoms with van der Waals surface area (Å²) in [5.74, 6) is -0.0743. The number of aromatic nitrogens is 3. The van der Waals surface area contributed by atoms with E-state index in [1.54, 1.807) is 42.3 Å². The van der Waals surface area contributed by atoms with E-state index in [1.165, 1.54) is 12.1 Å². The maximum Gasteiger partial charge on any atom is 0.422 e. The predicted molar refractivity (Wildman–Crippen MR) is 115 cm³/mol. The van der Waals surface area contributed by atoms with Crippen molar-refractivity contribution in [2.45, 2.75) is 51.3 Å². The predicted octanol–water partition coefficient (Wildman–Crippen LogP) is 4.23. The van der Waals surface area contributed by atoms with Gasteiger partial charge < -0.3 is 19.4 Å². The molecule has 1 N–H and O–H groups in total. The van der Waals surface area contributed by atoms with Crippen molar-refractivity contribution in [2.24, 2.45) is 0 Å². The highest BCUT2D eigenvalue weighted by Gasteiger charge is 2.31. The Hall–Kier alpha value is -3.24. The third-order valence-electron chi connectivity index (χ3n) is 5.38. The van der Waals surface area contributed by atoms with Crippen LogP contribution in [0.3, 0.4) is 0 Å². The Morgan fingerprint density at radius 3 is 2.55 bits per heavy atom. The van der Waals surface area contributed by atoms with Crippen LogP contribution in [0.4, 0.5) is 18.0 Å². The van der Waals surface area contributed by atoms with E-state index in [-0.39, 0.29) is 29.0 Å². The fraction of sp³-hybridized carbons (Fsp3) is 0.500. The molecule has 3 aromatic rings. The zero-order chi connectivity index (χ0) is 24.0. The first-order valence-electron chi connectivity index (χ1n) is 10.6.